The van der Waals surface area contributed by atoms with Crippen LogP contribution in [0.3, 0.4) is 0 Å². The molecule has 0 bridgehead atoms. The van der Waals surface area contributed by atoms with Crippen LogP contribution in [0, 0.1) is 0 Å². The number of benzene rings is 3. The highest BCUT2D eigenvalue weighted by molar-refractivity contribution is 6.08. The predicted octanol–water partition coefficient (Wildman–Crippen LogP) is 2.74. The van der Waals surface area contributed by atoms with Gasteiger partial charge in [0.25, 0.3) is 0 Å². The van der Waals surface area contributed by atoms with E-state index < -0.39 is 0 Å². The Balaban J connectivity index is 0.00000289. The first-order chi connectivity index (χ1) is 15.2. The average molecular weight is 450 g/mol. The molecule has 0 amide bonds. The van der Waals surface area contributed by atoms with Crippen molar-refractivity contribution >= 4 is 22.6 Å². The summed E-state index contributed by atoms with van der Waals surface area (Å²) < 4.78 is 11.6. The van der Waals surface area contributed by atoms with Gasteiger partial charge < -0.3 is 26.9 Å². The first kappa shape index (κ1) is 23.4. The number of esters is 1. The van der Waals surface area contributed by atoms with Crippen molar-refractivity contribution < 1.29 is 26.4 Å². The van der Waals surface area contributed by atoms with Crippen LogP contribution >= 0.6 is 0 Å². The Labute approximate surface area is 193 Å². The van der Waals surface area contributed by atoms with Gasteiger partial charge in [-0.3, -0.25) is 4.99 Å². The lowest BCUT2D eigenvalue weighted by Gasteiger charge is -2.18. The van der Waals surface area contributed by atoms with Gasteiger partial charge in [0.15, 0.2) is 0 Å². The minimum Gasteiger partial charge on any atom is -1.00 e. The quantitative estimate of drug-likeness (QED) is 0.363. The molecule has 32 heavy (non-hydrogen) atoms. The van der Waals surface area contributed by atoms with Gasteiger partial charge >= 0.3 is 5.97 Å². The van der Waals surface area contributed by atoms with Crippen molar-refractivity contribution in [1.29, 1.82) is 0 Å². The van der Waals surface area contributed by atoms with Gasteiger partial charge in [-0.05, 0) is 56.7 Å². The molecule has 6 heteroatoms. The van der Waals surface area contributed by atoms with Gasteiger partial charge in [0.2, 0.25) is 0 Å². The number of carbonyl (C=O) groups excluding carboxylic acids is 1. The molecule has 0 saturated heterocycles. The van der Waals surface area contributed by atoms with Gasteiger partial charge in [-0.25, -0.2) is 4.79 Å². The second-order valence-electron chi connectivity index (χ2n) is 7.14. The maximum absolute atomic E-state index is 12.7. The summed E-state index contributed by atoms with van der Waals surface area (Å²) in [5.74, 6) is 0.395. The smallest absolute Gasteiger partial charge is 0.338 e. The zero-order valence-corrected chi connectivity index (χ0v) is 19.2. The second-order valence-corrected chi connectivity index (χ2v) is 7.14. The largest absolute Gasteiger partial charge is 1.00 e. The maximum atomic E-state index is 12.7. The molecule has 0 saturated carbocycles. The van der Waals surface area contributed by atoms with Crippen LogP contribution in [0.1, 0.15) is 31.1 Å². The first-order valence-corrected chi connectivity index (χ1v) is 10.7. The summed E-state index contributed by atoms with van der Waals surface area (Å²) in [5, 5.41) is 5.13. The predicted molar refractivity (Wildman–Crippen MR) is 124 cm³/mol. The zero-order valence-electron chi connectivity index (χ0n) is 18.4. The highest BCUT2D eigenvalue weighted by Gasteiger charge is 2.22. The van der Waals surface area contributed by atoms with Gasteiger partial charge in [-0.15, -0.1) is 0 Å². The number of hydrogen-bond acceptors (Lipinski definition) is 5. The Kier molecular flexibility index (Phi) is 7.54. The molecule has 0 spiro atoms. The summed E-state index contributed by atoms with van der Waals surface area (Å²) in [7, 11) is 0. The van der Waals surface area contributed by atoms with E-state index in [9.17, 15) is 4.79 Å². The lowest BCUT2D eigenvalue weighted by Crippen LogP contribution is -3.00. The fourth-order valence-electron chi connectivity index (χ4n) is 3.85. The monoisotopic (exact) mass is 449 g/mol. The van der Waals surface area contributed by atoms with Gasteiger partial charge in [0, 0.05) is 47.4 Å². The number of anilines is 1. The van der Waals surface area contributed by atoms with Crippen LogP contribution in [0.15, 0.2) is 70.1 Å². The highest BCUT2D eigenvalue weighted by atomic mass is 35.5. The minimum atomic E-state index is -0.331. The van der Waals surface area contributed by atoms with Crippen molar-refractivity contribution in [2.45, 2.75) is 20.8 Å². The van der Waals surface area contributed by atoms with E-state index in [4.69, 9.17) is 9.15 Å². The molecule has 0 aromatic heterocycles. The van der Waals surface area contributed by atoms with E-state index >= 15 is 0 Å². The molecular formula is C26H26ClN2O3-. The van der Waals surface area contributed by atoms with Crippen LogP contribution in [-0.4, -0.2) is 25.7 Å². The van der Waals surface area contributed by atoms with E-state index in [1.54, 1.807) is 0 Å². The standard InChI is InChI=1S/C26H26N2O3.ClH/c1-4-27-17-11-13-21-23(15-17)31-24-16-18(28-5-2)12-14-22(24)25(21)19-9-7-8-10-20(19)26(29)30-6-3;/h7-16,27H,4-6H2,1-3H3;1H/p-1. The van der Waals surface area contributed by atoms with E-state index in [0.717, 1.165) is 51.0 Å². The molecule has 0 atom stereocenters. The summed E-state index contributed by atoms with van der Waals surface area (Å²) in [4.78, 5) is 17.2. The van der Waals surface area contributed by atoms with Gasteiger partial charge in [0.1, 0.15) is 11.3 Å². The van der Waals surface area contributed by atoms with Crippen molar-refractivity contribution in [3.63, 3.8) is 0 Å². The number of halogens is 1. The third-order valence-corrected chi connectivity index (χ3v) is 5.12. The van der Waals surface area contributed by atoms with Crippen LogP contribution in [0.5, 0.6) is 0 Å². The number of carbonyl (C=O) groups is 1. The van der Waals surface area contributed by atoms with Crippen LogP contribution < -0.4 is 23.1 Å². The number of ether oxygens (including phenoxy) is 1. The van der Waals surface area contributed by atoms with E-state index in [-0.39, 0.29) is 18.4 Å². The second kappa shape index (κ2) is 10.3. The number of nitrogens with one attached hydrogen (secondary N) is 1. The van der Waals surface area contributed by atoms with Crippen molar-refractivity contribution in [2.24, 2.45) is 4.99 Å². The Morgan fingerprint density at radius 3 is 2.56 bits per heavy atom. The summed E-state index contributed by atoms with van der Waals surface area (Å²) >= 11 is 0. The lowest BCUT2D eigenvalue weighted by atomic mass is 9.90. The molecule has 2 aliphatic rings. The number of fused-ring (bicyclic) bond motifs is 2. The van der Waals surface area contributed by atoms with E-state index in [1.807, 2.05) is 74.5 Å². The Hall–Kier alpha value is -3.31. The lowest BCUT2D eigenvalue weighted by molar-refractivity contribution is -0.0000248. The molecule has 2 aromatic rings. The van der Waals surface area contributed by atoms with Crippen molar-refractivity contribution in [2.75, 3.05) is 25.0 Å². The van der Waals surface area contributed by atoms with Crippen LogP contribution in [0.4, 0.5) is 5.69 Å². The Bertz CT molecular complexity index is 1280. The molecule has 4 rings (SSSR count). The van der Waals surface area contributed by atoms with Gasteiger partial charge in [0.05, 0.1) is 17.5 Å². The van der Waals surface area contributed by atoms with E-state index in [2.05, 4.69) is 17.2 Å². The maximum Gasteiger partial charge on any atom is 0.338 e. The summed E-state index contributed by atoms with van der Waals surface area (Å²) in [6.45, 7) is 7.71. The number of hydrogen-bond donors (Lipinski definition) is 1. The first-order valence-electron chi connectivity index (χ1n) is 10.7. The molecule has 1 aliphatic carbocycles. The topological polar surface area (TPSA) is 63.8 Å². The van der Waals surface area contributed by atoms with Crippen molar-refractivity contribution in [3.8, 4) is 22.5 Å². The molecule has 0 unspecified atom stereocenters. The number of rotatable bonds is 6. The minimum absolute atomic E-state index is 0. The normalized spacial score (nSPS) is 11.4. The number of nitrogens with zero attached hydrogens (tertiary/aromatic N) is 1. The van der Waals surface area contributed by atoms with Crippen LogP contribution in [0.2, 0.25) is 0 Å². The van der Waals surface area contributed by atoms with Crippen LogP contribution in [0.25, 0.3) is 33.4 Å². The zero-order chi connectivity index (χ0) is 21.8. The third-order valence-electron chi connectivity index (χ3n) is 5.12. The van der Waals surface area contributed by atoms with Crippen molar-refractivity contribution in [1.82, 2.24) is 0 Å². The molecule has 1 aliphatic heterocycles. The molecule has 0 fully saturated rings. The fraction of sp³-hybridized carbons (Fsp3) is 0.231. The Morgan fingerprint density at radius 1 is 1.00 bits per heavy atom. The third kappa shape index (κ3) is 4.48. The molecule has 0 radical (unpaired) electrons. The molecule has 5 nitrogen and oxygen atoms in total. The summed E-state index contributed by atoms with van der Waals surface area (Å²) in [6, 6.07) is 19.6. The highest BCUT2D eigenvalue weighted by Crippen LogP contribution is 2.41. The van der Waals surface area contributed by atoms with E-state index in [1.165, 1.54) is 0 Å². The average Bonchev–Trinajstić information content (AvgIpc) is 2.78. The fourth-order valence-corrected chi connectivity index (χ4v) is 3.85. The molecule has 1 heterocycles. The Morgan fingerprint density at radius 2 is 1.81 bits per heavy atom. The SMILES string of the molecule is CCN=c1ccc2c(-c3ccccc3C(=O)OCC)c3ccc(NCC)cc3oc-2c1.[Cl-]. The molecule has 2 aromatic carbocycles. The molecule has 166 valence electrons. The van der Waals surface area contributed by atoms with Crippen LogP contribution in [-0.2, 0) is 4.74 Å². The van der Waals surface area contributed by atoms with Crippen molar-refractivity contribution in [3.05, 3.63) is 71.6 Å². The van der Waals surface area contributed by atoms with Gasteiger partial charge in [-0.1, -0.05) is 18.2 Å². The summed E-state index contributed by atoms with van der Waals surface area (Å²) in [5.41, 5.74) is 4.96. The summed E-state index contributed by atoms with van der Waals surface area (Å²) in [6.07, 6.45) is 0. The van der Waals surface area contributed by atoms with Gasteiger partial charge in [-0.2, -0.15) is 0 Å². The molecular weight excluding hydrogens is 424 g/mol. The van der Waals surface area contributed by atoms with E-state index in [0.29, 0.717) is 18.7 Å². The molecule has 1 N–H and O–H groups in total.